The van der Waals surface area contributed by atoms with Gasteiger partial charge in [0.1, 0.15) is 5.75 Å². The molecule has 0 aliphatic rings. The fraction of sp³-hybridized carbons (Fsp3) is 0.200. The van der Waals surface area contributed by atoms with Gasteiger partial charge in [0, 0.05) is 35.5 Å². The molecule has 0 atom stereocenters. The zero-order chi connectivity index (χ0) is 18.4. The van der Waals surface area contributed by atoms with Gasteiger partial charge < -0.3 is 14.5 Å². The zero-order valence-electron chi connectivity index (χ0n) is 14.4. The van der Waals surface area contributed by atoms with Crippen LogP contribution in [0.25, 0.3) is 11.3 Å². The first-order chi connectivity index (χ1) is 12.7. The average Bonchev–Trinajstić information content (AvgIpc) is 3.14. The van der Waals surface area contributed by atoms with Crippen LogP contribution in [0.2, 0.25) is 5.02 Å². The molecule has 0 aliphatic heterocycles. The van der Waals surface area contributed by atoms with E-state index in [1.807, 2.05) is 36.4 Å². The lowest BCUT2D eigenvalue weighted by molar-refractivity contribution is -0.121. The number of aryl methyl sites for hydroxylation is 1. The Kier molecular flexibility index (Phi) is 5.92. The Bertz CT molecular complexity index is 875. The molecule has 134 valence electrons. The minimum atomic E-state index is -0.0675. The number of carbonyl (C=O) groups excluding carboxylic acids is 1. The summed E-state index contributed by atoms with van der Waals surface area (Å²) in [6.45, 7) is 0.421. The van der Waals surface area contributed by atoms with Crippen molar-refractivity contribution in [1.29, 1.82) is 0 Å². The van der Waals surface area contributed by atoms with Crippen molar-refractivity contribution >= 4 is 17.5 Å². The Morgan fingerprint density at radius 3 is 2.73 bits per heavy atom. The fourth-order valence-electron chi connectivity index (χ4n) is 2.53. The van der Waals surface area contributed by atoms with Gasteiger partial charge in [-0.1, -0.05) is 29.8 Å². The van der Waals surface area contributed by atoms with Crippen LogP contribution in [0.4, 0.5) is 0 Å². The number of carbonyl (C=O) groups is 1. The zero-order valence-corrected chi connectivity index (χ0v) is 15.1. The van der Waals surface area contributed by atoms with Crippen molar-refractivity contribution in [1.82, 2.24) is 10.3 Å². The van der Waals surface area contributed by atoms with Crippen molar-refractivity contribution in [2.75, 3.05) is 7.11 Å². The number of oxazole rings is 1. The molecule has 3 rings (SSSR count). The third-order valence-electron chi connectivity index (χ3n) is 3.92. The highest BCUT2D eigenvalue weighted by Gasteiger charge is 2.10. The average molecular weight is 371 g/mol. The van der Waals surface area contributed by atoms with Crippen LogP contribution in [0.5, 0.6) is 5.75 Å². The Balaban J connectivity index is 1.51. The lowest BCUT2D eigenvalue weighted by atomic mass is 10.2. The molecule has 0 aliphatic carbocycles. The number of hydrogen-bond donors (Lipinski definition) is 1. The van der Waals surface area contributed by atoms with E-state index in [0.29, 0.717) is 36.1 Å². The van der Waals surface area contributed by atoms with E-state index in [4.69, 9.17) is 20.8 Å². The summed E-state index contributed by atoms with van der Waals surface area (Å²) in [6, 6.07) is 14.9. The van der Waals surface area contributed by atoms with Crippen LogP contribution >= 0.6 is 11.6 Å². The summed E-state index contributed by atoms with van der Waals surface area (Å²) < 4.78 is 11.0. The minimum Gasteiger partial charge on any atom is -0.496 e. The Morgan fingerprint density at radius 1 is 1.19 bits per heavy atom. The normalized spacial score (nSPS) is 10.5. The Labute approximate surface area is 157 Å². The lowest BCUT2D eigenvalue weighted by Crippen LogP contribution is -2.23. The maximum absolute atomic E-state index is 12.1. The van der Waals surface area contributed by atoms with Crippen LogP contribution < -0.4 is 10.1 Å². The highest BCUT2D eigenvalue weighted by molar-refractivity contribution is 6.30. The molecule has 6 heteroatoms. The molecule has 1 N–H and O–H groups in total. The second kappa shape index (κ2) is 8.54. The molecule has 0 spiro atoms. The second-order valence-corrected chi connectivity index (χ2v) is 6.15. The highest BCUT2D eigenvalue weighted by Crippen LogP contribution is 2.22. The van der Waals surface area contributed by atoms with Crippen molar-refractivity contribution in [2.45, 2.75) is 19.4 Å². The van der Waals surface area contributed by atoms with E-state index in [2.05, 4.69) is 10.3 Å². The molecule has 0 saturated carbocycles. The number of halogens is 1. The van der Waals surface area contributed by atoms with E-state index in [0.717, 1.165) is 16.9 Å². The second-order valence-electron chi connectivity index (χ2n) is 5.71. The molecule has 26 heavy (non-hydrogen) atoms. The quantitative estimate of drug-likeness (QED) is 0.675. The van der Waals surface area contributed by atoms with Crippen LogP contribution in [0, 0.1) is 0 Å². The largest absolute Gasteiger partial charge is 0.496 e. The SMILES string of the molecule is COc1ccccc1CNC(=O)CCc1ncc(-c2ccc(Cl)cc2)o1. The molecule has 1 aromatic heterocycles. The molecular weight excluding hydrogens is 352 g/mol. The summed E-state index contributed by atoms with van der Waals surface area (Å²) in [5.41, 5.74) is 1.83. The molecule has 5 nitrogen and oxygen atoms in total. The topological polar surface area (TPSA) is 64.4 Å². The van der Waals surface area contributed by atoms with Crippen molar-refractivity contribution in [3.05, 3.63) is 71.2 Å². The molecule has 0 saturated heterocycles. The van der Waals surface area contributed by atoms with Gasteiger partial charge in [0.15, 0.2) is 11.7 Å². The van der Waals surface area contributed by atoms with Crippen molar-refractivity contribution in [2.24, 2.45) is 0 Å². The number of nitrogens with zero attached hydrogens (tertiary/aromatic N) is 1. The molecular formula is C20H19ClN2O3. The van der Waals surface area contributed by atoms with Crippen LogP contribution in [0.15, 0.2) is 59.1 Å². The summed E-state index contributed by atoms with van der Waals surface area (Å²) in [6.07, 6.45) is 2.40. The number of nitrogens with one attached hydrogen (secondary N) is 1. The van der Waals surface area contributed by atoms with Gasteiger partial charge in [-0.25, -0.2) is 4.98 Å². The lowest BCUT2D eigenvalue weighted by Gasteiger charge is -2.09. The minimum absolute atomic E-state index is 0.0675. The number of rotatable bonds is 7. The van der Waals surface area contributed by atoms with Gasteiger partial charge in [0.05, 0.1) is 13.3 Å². The number of methoxy groups -OCH3 is 1. The van der Waals surface area contributed by atoms with Gasteiger partial charge in [0.2, 0.25) is 5.91 Å². The molecule has 2 aromatic carbocycles. The number of ether oxygens (including phenoxy) is 1. The summed E-state index contributed by atoms with van der Waals surface area (Å²) >= 11 is 5.88. The highest BCUT2D eigenvalue weighted by atomic mass is 35.5. The predicted molar refractivity (Wildman–Crippen MR) is 100 cm³/mol. The van der Waals surface area contributed by atoms with Gasteiger partial charge in [-0.2, -0.15) is 0 Å². The predicted octanol–water partition coefficient (Wildman–Crippen LogP) is 4.25. The molecule has 1 amide bonds. The van der Waals surface area contributed by atoms with Crippen molar-refractivity contribution < 1.29 is 13.9 Å². The third-order valence-corrected chi connectivity index (χ3v) is 4.17. The Hall–Kier alpha value is -2.79. The third kappa shape index (κ3) is 4.64. The summed E-state index contributed by atoms with van der Waals surface area (Å²) in [5, 5.41) is 3.55. The first-order valence-corrected chi connectivity index (χ1v) is 8.63. The van der Waals surface area contributed by atoms with Gasteiger partial charge in [-0.05, 0) is 30.3 Å². The fourth-order valence-corrected chi connectivity index (χ4v) is 2.65. The molecule has 0 unspecified atom stereocenters. The molecule has 3 aromatic rings. The van der Waals surface area contributed by atoms with E-state index in [-0.39, 0.29) is 5.91 Å². The van der Waals surface area contributed by atoms with E-state index in [1.54, 1.807) is 25.4 Å². The van der Waals surface area contributed by atoms with Crippen LogP contribution in [-0.2, 0) is 17.8 Å². The smallest absolute Gasteiger partial charge is 0.220 e. The molecule has 0 bridgehead atoms. The number of para-hydroxylation sites is 1. The summed E-state index contributed by atoms with van der Waals surface area (Å²) in [5.74, 6) is 1.88. The van der Waals surface area contributed by atoms with Gasteiger partial charge in [-0.15, -0.1) is 0 Å². The van der Waals surface area contributed by atoms with Gasteiger partial charge in [-0.3, -0.25) is 4.79 Å². The van der Waals surface area contributed by atoms with Gasteiger partial charge in [0.25, 0.3) is 0 Å². The van der Waals surface area contributed by atoms with Crippen LogP contribution in [0.3, 0.4) is 0 Å². The molecule has 0 fully saturated rings. The summed E-state index contributed by atoms with van der Waals surface area (Å²) in [7, 11) is 1.61. The van der Waals surface area contributed by atoms with Crippen molar-refractivity contribution in [3.8, 4) is 17.1 Å². The van der Waals surface area contributed by atoms with E-state index < -0.39 is 0 Å². The van der Waals surface area contributed by atoms with E-state index in [9.17, 15) is 4.79 Å². The van der Waals surface area contributed by atoms with Gasteiger partial charge >= 0.3 is 0 Å². The summed E-state index contributed by atoms with van der Waals surface area (Å²) in [4.78, 5) is 16.3. The number of amides is 1. The number of benzene rings is 2. The molecule has 0 radical (unpaired) electrons. The van der Waals surface area contributed by atoms with Crippen molar-refractivity contribution in [3.63, 3.8) is 0 Å². The van der Waals surface area contributed by atoms with Crippen LogP contribution in [-0.4, -0.2) is 18.0 Å². The number of aromatic nitrogens is 1. The monoisotopic (exact) mass is 370 g/mol. The van der Waals surface area contributed by atoms with E-state index >= 15 is 0 Å². The first kappa shape index (κ1) is 18.0. The van der Waals surface area contributed by atoms with Crippen LogP contribution in [0.1, 0.15) is 17.9 Å². The Morgan fingerprint density at radius 2 is 1.96 bits per heavy atom. The standard InChI is InChI=1S/C20H19ClN2O3/c1-25-17-5-3-2-4-15(17)12-22-19(24)10-11-20-23-13-18(26-20)14-6-8-16(21)9-7-14/h2-9,13H,10-12H2,1H3,(H,22,24). The number of hydrogen-bond acceptors (Lipinski definition) is 4. The van der Waals surface area contributed by atoms with E-state index in [1.165, 1.54) is 0 Å². The molecule has 1 heterocycles. The maximum atomic E-state index is 12.1. The first-order valence-electron chi connectivity index (χ1n) is 8.25. The maximum Gasteiger partial charge on any atom is 0.220 e.